The van der Waals surface area contributed by atoms with Crippen LogP contribution in [0.1, 0.15) is 19.8 Å². The van der Waals surface area contributed by atoms with Crippen LogP contribution < -0.4 is 5.32 Å². The van der Waals surface area contributed by atoms with Crippen molar-refractivity contribution in [3.63, 3.8) is 0 Å². The number of hydrogen-bond acceptors (Lipinski definition) is 4. The second-order valence-corrected chi connectivity index (χ2v) is 5.57. The molecule has 1 aliphatic rings. The van der Waals surface area contributed by atoms with Crippen molar-refractivity contribution in [3.05, 3.63) is 0 Å². The van der Waals surface area contributed by atoms with Gasteiger partial charge in [-0.3, -0.25) is 0 Å². The lowest BCUT2D eigenvalue weighted by atomic mass is 9.98. The van der Waals surface area contributed by atoms with E-state index in [-0.39, 0.29) is 0 Å². The van der Waals surface area contributed by atoms with Crippen molar-refractivity contribution in [2.24, 2.45) is 5.92 Å². The molecule has 0 aromatic carbocycles. The molecule has 2 unspecified atom stereocenters. The summed E-state index contributed by atoms with van der Waals surface area (Å²) >= 11 is 0. The smallest absolute Gasteiger partial charge is 0.0510 e. The Labute approximate surface area is 113 Å². The van der Waals surface area contributed by atoms with Gasteiger partial charge in [0, 0.05) is 25.1 Å². The van der Waals surface area contributed by atoms with E-state index in [1.165, 1.54) is 25.9 Å². The van der Waals surface area contributed by atoms with Crippen LogP contribution >= 0.6 is 0 Å². The molecule has 4 nitrogen and oxygen atoms in total. The lowest BCUT2D eigenvalue weighted by molar-refractivity contribution is 0.163. The molecular weight excluding hydrogens is 226 g/mol. The second kappa shape index (κ2) is 8.86. The molecule has 18 heavy (non-hydrogen) atoms. The molecule has 1 saturated heterocycles. The summed E-state index contributed by atoms with van der Waals surface area (Å²) < 4.78 is 5.50. The van der Waals surface area contributed by atoms with E-state index < -0.39 is 0 Å². The topological polar surface area (TPSA) is 27.7 Å². The zero-order valence-corrected chi connectivity index (χ0v) is 12.6. The van der Waals surface area contributed by atoms with Gasteiger partial charge in [-0.1, -0.05) is 6.92 Å². The number of nitrogens with zero attached hydrogens (tertiary/aromatic N) is 2. The van der Waals surface area contributed by atoms with E-state index in [1.54, 1.807) is 0 Å². The van der Waals surface area contributed by atoms with Crippen LogP contribution in [0, 0.1) is 5.92 Å². The van der Waals surface area contributed by atoms with E-state index in [4.69, 9.17) is 4.74 Å². The molecule has 1 aliphatic heterocycles. The van der Waals surface area contributed by atoms with Gasteiger partial charge in [-0.15, -0.1) is 0 Å². The lowest BCUT2D eigenvalue weighted by Gasteiger charge is -2.29. The molecule has 0 saturated carbocycles. The molecule has 0 bridgehead atoms. The molecule has 0 aliphatic carbocycles. The summed E-state index contributed by atoms with van der Waals surface area (Å²) in [4.78, 5) is 4.82. The number of nitrogens with one attached hydrogen (secondary N) is 1. The summed E-state index contributed by atoms with van der Waals surface area (Å²) in [5, 5.41) is 3.48. The second-order valence-electron chi connectivity index (χ2n) is 5.57. The molecular formula is C14H31N3O. The van der Waals surface area contributed by atoms with Crippen LogP contribution in [-0.4, -0.2) is 76.4 Å². The minimum atomic E-state index is 0.576. The lowest BCUT2D eigenvalue weighted by Crippen LogP contribution is -2.45. The van der Waals surface area contributed by atoms with Gasteiger partial charge in [0.15, 0.2) is 0 Å². The third-order valence-corrected chi connectivity index (χ3v) is 3.89. The van der Waals surface area contributed by atoms with Crippen LogP contribution in [0.2, 0.25) is 0 Å². The number of likely N-dealkylation sites (N-methyl/N-ethyl adjacent to an activating group) is 2. The maximum absolute atomic E-state index is 5.50. The van der Waals surface area contributed by atoms with E-state index in [2.05, 4.69) is 43.2 Å². The van der Waals surface area contributed by atoms with Crippen LogP contribution in [-0.2, 0) is 4.74 Å². The Morgan fingerprint density at radius 2 is 2.11 bits per heavy atom. The molecule has 0 spiro atoms. The monoisotopic (exact) mass is 257 g/mol. The molecule has 2 atom stereocenters. The van der Waals surface area contributed by atoms with Crippen molar-refractivity contribution in [1.29, 1.82) is 0 Å². The van der Waals surface area contributed by atoms with Crippen molar-refractivity contribution in [2.45, 2.75) is 25.8 Å². The highest BCUT2D eigenvalue weighted by molar-refractivity contribution is 4.81. The van der Waals surface area contributed by atoms with E-state index in [1.807, 2.05) is 0 Å². The Hall–Kier alpha value is -0.160. The van der Waals surface area contributed by atoms with Crippen molar-refractivity contribution >= 4 is 0 Å². The third-order valence-electron chi connectivity index (χ3n) is 3.89. The normalized spacial score (nSPS) is 22.0. The fourth-order valence-corrected chi connectivity index (χ4v) is 2.61. The van der Waals surface area contributed by atoms with Gasteiger partial charge < -0.3 is 19.9 Å². The van der Waals surface area contributed by atoms with Gasteiger partial charge >= 0.3 is 0 Å². The maximum atomic E-state index is 5.50. The molecule has 1 fully saturated rings. The van der Waals surface area contributed by atoms with E-state index in [0.29, 0.717) is 12.0 Å². The molecule has 0 radical (unpaired) electrons. The van der Waals surface area contributed by atoms with E-state index in [9.17, 15) is 0 Å². The number of rotatable bonds is 9. The van der Waals surface area contributed by atoms with Crippen molar-refractivity contribution in [1.82, 2.24) is 15.1 Å². The Kier molecular flexibility index (Phi) is 7.82. The summed E-state index contributed by atoms with van der Waals surface area (Å²) in [5.74, 6) is 0.692. The SMILES string of the molecule is CCN(CCCN(C)C)CC(NC)C1CCOC1. The summed E-state index contributed by atoms with van der Waals surface area (Å²) in [7, 11) is 6.36. The summed E-state index contributed by atoms with van der Waals surface area (Å²) in [5.41, 5.74) is 0. The predicted octanol–water partition coefficient (Wildman–Crippen LogP) is 0.885. The fraction of sp³-hybridized carbons (Fsp3) is 1.00. The Balaban J connectivity index is 2.29. The Morgan fingerprint density at radius 3 is 2.61 bits per heavy atom. The first-order valence-electron chi connectivity index (χ1n) is 7.29. The van der Waals surface area contributed by atoms with E-state index >= 15 is 0 Å². The summed E-state index contributed by atoms with van der Waals surface area (Å²) in [6.07, 6.45) is 2.46. The molecule has 1 N–H and O–H groups in total. The van der Waals surface area contributed by atoms with Gasteiger partial charge in [-0.2, -0.15) is 0 Å². The average Bonchev–Trinajstić information content (AvgIpc) is 2.86. The van der Waals surface area contributed by atoms with Crippen LogP contribution in [0.15, 0.2) is 0 Å². The van der Waals surface area contributed by atoms with Crippen molar-refractivity contribution < 1.29 is 4.74 Å². The first-order chi connectivity index (χ1) is 8.67. The first kappa shape index (κ1) is 15.9. The summed E-state index contributed by atoms with van der Waals surface area (Å²) in [6, 6.07) is 0.576. The minimum Gasteiger partial charge on any atom is -0.381 e. The van der Waals surface area contributed by atoms with Gasteiger partial charge in [0.25, 0.3) is 0 Å². The molecule has 0 amide bonds. The van der Waals surface area contributed by atoms with Gasteiger partial charge in [-0.05, 0) is 53.6 Å². The quantitative estimate of drug-likeness (QED) is 0.664. The van der Waals surface area contributed by atoms with E-state index in [0.717, 1.165) is 26.3 Å². The zero-order chi connectivity index (χ0) is 13.4. The third kappa shape index (κ3) is 5.65. The highest BCUT2D eigenvalue weighted by Crippen LogP contribution is 2.17. The highest BCUT2D eigenvalue weighted by Gasteiger charge is 2.25. The predicted molar refractivity (Wildman–Crippen MR) is 77.1 cm³/mol. The fourth-order valence-electron chi connectivity index (χ4n) is 2.61. The van der Waals surface area contributed by atoms with Crippen LogP contribution in [0.25, 0.3) is 0 Å². The molecule has 0 aromatic heterocycles. The van der Waals surface area contributed by atoms with Gasteiger partial charge in [-0.25, -0.2) is 0 Å². The number of ether oxygens (including phenoxy) is 1. The molecule has 108 valence electrons. The Morgan fingerprint density at radius 1 is 1.33 bits per heavy atom. The Bertz CT molecular complexity index is 205. The maximum Gasteiger partial charge on any atom is 0.0510 e. The number of hydrogen-bond donors (Lipinski definition) is 1. The van der Waals surface area contributed by atoms with Gasteiger partial charge in [0.1, 0.15) is 0 Å². The van der Waals surface area contributed by atoms with Crippen LogP contribution in [0.3, 0.4) is 0 Å². The van der Waals surface area contributed by atoms with Crippen LogP contribution in [0.4, 0.5) is 0 Å². The highest BCUT2D eigenvalue weighted by atomic mass is 16.5. The van der Waals surface area contributed by atoms with Gasteiger partial charge in [0.2, 0.25) is 0 Å². The largest absolute Gasteiger partial charge is 0.381 e. The van der Waals surface area contributed by atoms with Crippen LogP contribution in [0.5, 0.6) is 0 Å². The molecule has 1 rings (SSSR count). The van der Waals surface area contributed by atoms with Crippen molar-refractivity contribution in [2.75, 3.05) is 60.5 Å². The first-order valence-corrected chi connectivity index (χ1v) is 7.29. The van der Waals surface area contributed by atoms with Crippen molar-refractivity contribution in [3.8, 4) is 0 Å². The minimum absolute atomic E-state index is 0.576. The molecule has 4 heteroatoms. The molecule has 0 aromatic rings. The summed E-state index contributed by atoms with van der Waals surface area (Å²) in [6.45, 7) is 8.78. The molecule has 1 heterocycles. The average molecular weight is 257 g/mol. The zero-order valence-electron chi connectivity index (χ0n) is 12.6. The van der Waals surface area contributed by atoms with Gasteiger partial charge in [0.05, 0.1) is 6.61 Å². The standard InChI is InChI=1S/C14H31N3O/c1-5-17(9-6-8-16(3)4)11-14(15-2)13-7-10-18-12-13/h13-15H,5-12H2,1-4H3.